The number of nitrogens with zero attached hydrogens (tertiary/aromatic N) is 3. The predicted molar refractivity (Wildman–Crippen MR) is 121 cm³/mol. The number of thiophene rings is 1. The summed E-state index contributed by atoms with van der Waals surface area (Å²) >= 11 is 1.18. The average Bonchev–Trinajstić information content (AvgIpc) is 3.44. The van der Waals surface area contributed by atoms with Crippen molar-refractivity contribution >= 4 is 27.3 Å². The molecule has 0 spiro atoms. The fraction of sp³-hybridized carbons (Fsp3) is 0.682. The molecule has 2 saturated carbocycles. The Morgan fingerprint density at radius 2 is 1.81 bits per heavy atom. The molecule has 0 unspecified atom stereocenters. The van der Waals surface area contributed by atoms with Crippen LogP contribution in [0.15, 0.2) is 20.2 Å². The van der Waals surface area contributed by atoms with Crippen LogP contribution in [-0.2, 0) is 14.8 Å². The van der Waals surface area contributed by atoms with Gasteiger partial charge in [-0.3, -0.25) is 4.79 Å². The lowest BCUT2D eigenvalue weighted by Gasteiger charge is -2.31. The minimum absolute atomic E-state index is 0.0896. The topological polar surface area (TPSA) is 105 Å². The van der Waals surface area contributed by atoms with E-state index in [-0.39, 0.29) is 22.1 Å². The highest BCUT2D eigenvalue weighted by Crippen LogP contribution is 2.37. The molecule has 0 radical (unpaired) electrons. The number of sulfonamides is 1. The van der Waals surface area contributed by atoms with E-state index in [0.29, 0.717) is 49.1 Å². The number of aromatic nitrogens is 2. The first-order valence-corrected chi connectivity index (χ1v) is 14.1. The molecule has 0 aromatic carbocycles. The largest absolute Gasteiger partial charge is 0.353 e. The Hall–Kier alpha value is -1.78. The summed E-state index contributed by atoms with van der Waals surface area (Å²) in [7, 11) is -3.59. The molecule has 0 bridgehead atoms. The standard InChI is InChI=1S/C22H30N4O4S2/c27-21(23-18-7-2-1-3-8-18)15-9-11-26(12-10-15)32(28,29)19-13-17(14-31-19)20-24-22(30-25-20)16-5-4-6-16/h13-16,18H,1-12H2,(H,23,27). The number of amides is 1. The van der Waals surface area contributed by atoms with Crippen LogP contribution in [0.2, 0.25) is 0 Å². The molecule has 2 aromatic rings. The summed E-state index contributed by atoms with van der Waals surface area (Å²) in [6.45, 7) is 0.735. The van der Waals surface area contributed by atoms with Crippen LogP contribution >= 0.6 is 11.3 Å². The van der Waals surface area contributed by atoms with Gasteiger partial charge in [0.2, 0.25) is 17.6 Å². The van der Waals surface area contributed by atoms with E-state index in [0.717, 1.165) is 25.7 Å². The first-order chi connectivity index (χ1) is 15.5. The van der Waals surface area contributed by atoms with Crippen LogP contribution in [-0.4, -0.2) is 47.9 Å². The summed E-state index contributed by atoms with van der Waals surface area (Å²) in [4.78, 5) is 17.1. The van der Waals surface area contributed by atoms with Crippen LogP contribution in [0, 0.1) is 5.92 Å². The molecule has 1 saturated heterocycles. The molecular weight excluding hydrogens is 448 g/mol. The van der Waals surface area contributed by atoms with Crippen LogP contribution < -0.4 is 5.32 Å². The third kappa shape index (κ3) is 4.49. The lowest BCUT2D eigenvalue weighted by Crippen LogP contribution is -2.45. The number of rotatable bonds is 6. The SMILES string of the molecule is O=C(NC1CCCCC1)C1CCN(S(=O)(=O)c2cc(-c3noc(C4CCC4)n3)cs2)CC1. The zero-order chi connectivity index (χ0) is 22.1. The maximum absolute atomic E-state index is 13.2. The molecule has 2 aromatic heterocycles. The van der Waals surface area contributed by atoms with Crippen LogP contribution in [0.3, 0.4) is 0 Å². The Labute approximate surface area is 192 Å². The van der Waals surface area contributed by atoms with Crippen molar-refractivity contribution in [3.8, 4) is 11.4 Å². The van der Waals surface area contributed by atoms with Crippen molar-refractivity contribution < 1.29 is 17.7 Å². The van der Waals surface area contributed by atoms with Crippen LogP contribution in [0.1, 0.15) is 76.0 Å². The molecule has 174 valence electrons. The van der Waals surface area contributed by atoms with Crippen LogP contribution in [0.25, 0.3) is 11.4 Å². The van der Waals surface area contributed by atoms with E-state index >= 15 is 0 Å². The van der Waals surface area contributed by atoms with E-state index in [2.05, 4.69) is 15.5 Å². The summed E-state index contributed by atoms with van der Waals surface area (Å²) in [5.41, 5.74) is 0.671. The predicted octanol–water partition coefficient (Wildman–Crippen LogP) is 3.92. The summed E-state index contributed by atoms with van der Waals surface area (Å²) in [5, 5.41) is 9.00. The quantitative estimate of drug-likeness (QED) is 0.675. The van der Waals surface area contributed by atoms with Crippen molar-refractivity contribution in [2.45, 2.75) is 80.4 Å². The lowest BCUT2D eigenvalue weighted by molar-refractivity contribution is -0.127. The van der Waals surface area contributed by atoms with Crippen molar-refractivity contribution in [2.75, 3.05) is 13.1 Å². The van der Waals surface area contributed by atoms with Crippen LogP contribution in [0.4, 0.5) is 0 Å². The Bertz CT molecular complexity index is 1050. The van der Waals surface area contributed by atoms with Gasteiger partial charge in [-0.2, -0.15) is 9.29 Å². The van der Waals surface area contributed by atoms with Gasteiger partial charge in [0.05, 0.1) is 0 Å². The van der Waals surface area contributed by atoms with Crippen molar-refractivity contribution in [3.05, 3.63) is 17.3 Å². The Balaban J connectivity index is 1.19. The van der Waals surface area contributed by atoms with Crippen molar-refractivity contribution in [2.24, 2.45) is 5.92 Å². The smallest absolute Gasteiger partial charge is 0.252 e. The highest BCUT2D eigenvalue weighted by molar-refractivity contribution is 7.91. The van der Waals surface area contributed by atoms with Crippen LogP contribution in [0.5, 0.6) is 0 Å². The fourth-order valence-corrected chi connectivity index (χ4v) is 7.57. The molecule has 0 atom stereocenters. The zero-order valence-electron chi connectivity index (χ0n) is 18.2. The molecular formula is C22H30N4O4S2. The van der Waals surface area contributed by atoms with Crippen molar-refractivity contribution in [3.63, 3.8) is 0 Å². The molecule has 3 fully saturated rings. The Morgan fingerprint density at radius 3 is 2.50 bits per heavy atom. The summed E-state index contributed by atoms with van der Waals surface area (Å²) in [6.07, 6.45) is 10.2. The van der Waals surface area contributed by atoms with Gasteiger partial charge in [0.1, 0.15) is 4.21 Å². The second-order valence-corrected chi connectivity index (χ2v) is 12.3. The molecule has 3 aliphatic rings. The molecule has 5 rings (SSSR count). The molecule has 2 aliphatic carbocycles. The molecule has 1 N–H and O–H groups in total. The minimum atomic E-state index is -3.59. The average molecular weight is 479 g/mol. The summed E-state index contributed by atoms with van der Waals surface area (Å²) in [6, 6.07) is 1.93. The van der Waals surface area contributed by atoms with E-state index in [1.807, 2.05) is 0 Å². The Morgan fingerprint density at radius 1 is 1.06 bits per heavy atom. The minimum Gasteiger partial charge on any atom is -0.353 e. The van der Waals surface area contributed by atoms with Gasteiger partial charge in [0.25, 0.3) is 10.0 Å². The van der Waals surface area contributed by atoms with E-state index in [1.165, 1.54) is 41.3 Å². The molecule has 32 heavy (non-hydrogen) atoms. The molecule has 3 heterocycles. The molecule has 10 heteroatoms. The van der Waals surface area contributed by atoms with Gasteiger partial charge in [-0.1, -0.05) is 30.8 Å². The van der Waals surface area contributed by atoms with E-state index in [9.17, 15) is 13.2 Å². The lowest BCUT2D eigenvalue weighted by atomic mass is 9.85. The first-order valence-electron chi connectivity index (χ1n) is 11.7. The third-order valence-corrected chi connectivity index (χ3v) is 10.4. The second kappa shape index (κ2) is 9.23. The second-order valence-electron chi connectivity index (χ2n) is 9.26. The Kier molecular flexibility index (Phi) is 6.35. The molecule has 1 aliphatic heterocycles. The fourth-order valence-electron chi connectivity index (χ4n) is 4.79. The summed E-state index contributed by atoms with van der Waals surface area (Å²) < 4.78 is 33.5. The number of nitrogens with one attached hydrogen (secondary N) is 1. The first kappa shape index (κ1) is 22.0. The number of carbonyl (C=O) groups is 1. The molecule has 1 amide bonds. The highest BCUT2D eigenvalue weighted by Gasteiger charge is 2.34. The van der Waals surface area contributed by atoms with Gasteiger partial charge >= 0.3 is 0 Å². The zero-order valence-corrected chi connectivity index (χ0v) is 19.8. The van der Waals surface area contributed by atoms with Gasteiger partial charge in [-0.15, -0.1) is 11.3 Å². The highest BCUT2D eigenvalue weighted by atomic mass is 32.2. The number of hydrogen-bond acceptors (Lipinski definition) is 7. The molecule has 8 nitrogen and oxygen atoms in total. The van der Waals surface area contributed by atoms with Gasteiger partial charge in [-0.25, -0.2) is 8.42 Å². The van der Waals surface area contributed by atoms with E-state index < -0.39 is 10.0 Å². The van der Waals surface area contributed by atoms with Crippen molar-refractivity contribution in [1.29, 1.82) is 0 Å². The van der Waals surface area contributed by atoms with Crippen molar-refractivity contribution in [1.82, 2.24) is 19.8 Å². The number of carbonyl (C=O) groups excluding carboxylic acids is 1. The van der Waals surface area contributed by atoms with Gasteiger partial charge < -0.3 is 9.84 Å². The van der Waals surface area contributed by atoms with Gasteiger partial charge in [0, 0.05) is 41.9 Å². The normalized spacial score (nSPS) is 22.0. The van der Waals surface area contributed by atoms with E-state index in [4.69, 9.17) is 4.52 Å². The summed E-state index contributed by atoms with van der Waals surface area (Å²) in [5.74, 6) is 1.42. The third-order valence-electron chi connectivity index (χ3n) is 7.10. The maximum atomic E-state index is 13.2. The van der Waals surface area contributed by atoms with Gasteiger partial charge in [-0.05, 0) is 44.6 Å². The monoisotopic (exact) mass is 478 g/mol. The maximum Gasteiger partial charge on any atom is 0.252 e. The number of hydrogen-bond donors (Lipinski definition) is 1. The van der Waals surface area contributed by atoms with Gasteiger partial charge in [0.15, 0.2) is 0 Å². The number of piperidine rings is 1. The van der Waals surface area contributed by atoms with E-state index in [1.54, 1.807) is 11.4 Å².